The molecule has 6 nitrogen and oxygen atoms in total. The van der Waals surface area contributed by atoms with Crippen molar-refractivity contribution in [2.24, 2.45) is 0 Å². The lowest BCUT2D eigenvalue weighted by Crippen LogP contribution is -2.32. The quantitative estimate of drug-likeness (QED) is 0.863. The first kappa shape index (κ1) is 16.2. The molecular weight excluding hydrogens is 289 g/mol. The van der Waals surface area contributed by atoms with Crippen LogP contribution in [0.25, 0.3) is 0 Å². The molecule has 0 unspecified atom stereocenters. The van der Waals surface area contributed by atoms with E-state index < -0.39 is 22.2 Å². The average molecular weight is 305 g/mol. The minimum absolute atomic E-state index is 0.0957. The number of hydrogen-bond acceptors (Lipinski definition) is 5. The molecule has 0 aromatic heterocycles. The van der Waals surface area contributed by atoms with Gasteiger partial charge in [-0.25, -0.2) is 4.79 Å². The zero-order valence-electron chi connectivity index (χ0n) is 11.3. The summed E-state index contributed by atoms with van der Waals surface area (Å²) in [7, 11) is -5.06. The number of ether oxygens (including phenoxy) is 1. The van der Waals surface area contributed by atoms with Crippen molar-refractivity contribution in [2.75, 3.05) is 0 Å². The van der Waals surface area contributed by atoms with E-state index in [1.807, 2.05) is 0 Å². The second-order valence-corrected chi connectivity index (χ2v) is 5.93. The first-order chi connectivity index (χ1) is 9.05. The van der Waals surface area contributed by atoms with E-state index in [0.717, 1.165) is 0 Å². The van der Waals surface area contributed by atoms with Gasteiger partial charge < -0.3 is 14.2 Å². The van der Waals surface area contributed by atoms with Gasteiger partial charge in [0.15, 0.2) is 0 Å². The van der Waals surface area contributed by atoms with Gasteiger partial charge in [-0.2, -0.15) is 8.42 Å². The van der Waals surface area contributed by atoms with Gasteiger partial charge in [-0.1, -0.05) is 16.0 Å². The van der Waals surface area contributed by atoms with Gasteiger partial charge in [0, 0.05) is 6.54 Å². The summed E-state index contributed by atoms with van der Waals surface area (Å²) in [6, 6.07) is 5.68. The van der Waals surface area contributed by atoms with Crippen molar-refractivity contribution in [3.05, 3.63) is 29.8 Å². The van der Waals surface area contributed by atoms with E-state index in [0.29, 0.717) is 5.56 Å². The Morgan fingerprint density at radius 3 is 2.55 bits per heavy atom. The van der Waals surface area contributed by atoms with E-state index in [9.17, 15) is 17.1 Å². The van der Waals surface area contributed by atoms with Gasteiger partial charge in [-0.3, -0.25) is 0 Å². The number of amides is 1. The van der Waals surface area contributed by atoms with Crippen LogP contribution in [0.15, 0.2) is 24.3 Å². The predicted molar refractivity (Wildman–Crippen MR) is 70.2 cm³/mol. The van der Waals surface area contributed by atoms with E-state index >= 15 is 0 Å². The molecule has 0 saturated heterocycles. The molecule has 0 spiro atoms. The molecule has 20 heavy (non-hydrogen) atoms. The van der Waals surface area contributed by atoms with Crippen molar-refractivity contribution in [3.8, 4) is 5.75 Å². The molecule has 1 aromatic carbocycles. The van der Waals surface area contributed by atoms with Crippen molar-refractivity contribution < 1.29 is 26.0 Å². The number of rotatable bonds is 4. The summed E-state index contributed by atoms with van der Waals surface area (Å²) in [5.74, 6) is -0.170. The van der Waals surface area contributed by atoms with Crippen molar-refractivity contribution in [2.45, 2.75) is 32.9 Å². The monoisotopic (exact) mass is 305 g/mol. The normalized spacial score (nSPS) is 11.8. The number of alkyl carbamates (subject to hydrolysis) is 1. The van der Waals surface area contributed by atoms with Crippen LogP contribution in [0.2, 0.25) is 0 Å². The maximum absolute atomic E-state index is 12.4. The number of nitrogens with one attached hydrogen (secondary N) is 1. The lowest BCUT2D eigenvalue weighted by atomic mass is 10.2. The first-order valence-electron chi connectivity index (χ1n) is 5.75. The molecule has 112 valence electrons. The fourth-order valence-electron chi connectivity index (χ4n) is 1.31. The van der Waals surface area contributed by atoms with Crippen LogP contribution in [0.5, 0.6) is 5.75 Å². The Bertz CT molecular complexity index is 580. The number of carbonyl (C=O) groups is 1. The van der Waals surface area contributed by atoms with Crippen molar-refractivity contribution in [3.63, 3.8) is 0 Å². The van der Waals surface area contributed by atoms with Crippen LogP contribution in [-0.4, -0.2) is 20.1 Å². The molecular formula is C12H16FNO5S. The van der Waals surface area contributed by atoms with Crippen LogP contribution in [0.3, 0.4) is 0 Å². The van der Waals surface area contributed by atoms with E-state index in [4.69, 9.17) is 4.74 Å². The summed E-state index contributed by atoms with van der Waals surface area (Å²) in [6.45, 7) is 5.28. The number of benzene rings is 1. The molecule has 0 aliphatic heterocycles. The second-order valence-electron chi connectivity index (χ2n) is 4.98. The van der Waals surface area contributed by atoms with E-state index in [2.05, 4.69) is 9.50 Å². The van der Waals surface area contributed by atoms with Gasteiger partial charge in [-0.15, -0.1) is 0 Å². The first-order valence-corrected chi connectivity index (χ1v) is 7.06. The Morgan fingerprint density at radius 1 is 1.35 bits per heavy atom. The van der Waals surface area contributed by atoms with Gasteiger partial charge >= 0.3 is 16.6 Å². The molecule has 1 N–H and O–H groups in total. The molecule has 0 saturated carbocycles. The Labute approximate surface area is 117 Å². The highest BCUT2D eigenvalue weighted by atomic mass is 32.3. The lowest BCUT2D eigenvalue weighted by molar-refractivity contribution is 0.0523. The lowest BCUT2D eigenvalue weighted by Gasteiger charge is -2.19. The largest absolute Gasteiger partial charge is 0.488 e. The second kappa shape index (κ2) is 6.08. The minimum atomic E-state index is -5.06. The third kappa shape index (κ3) is 6.93. The SMILES string of the molecule is CC(C)(C)OC(=O)NCc1cccc(OS(=O)(=O)F)c1. The molecule has 0 radical (unpaired) electrons. The van der Waals surface area contributed by atoms with Crippen molar-refractivity contribution >= 4 is 16.6 Å². The molecule has 8 heteroatoms. The fraction of sp³-hybridized carbons (Fsp3) is 0.417. The third-order valence-electron chi connectivity index (χ3n) is 1.93. The van der Waals surface area contributed by atoms with Gasteiger partial charge in [0.05, 0.1) is 0 Å². The number of hydrogen-bond donors (Lipinski definition) is 1. The summed E-state index contributed by atoms with van der Waals surface area (Å²) >= 11 is 0. The van der Waals surface area contributed by atoms with Gasteiger partial charge in [-0.05, 0) is 38.5 Å². The average Bonchev–Trinajstić information content (AvgIpc) is 2.22. The summed E-state index contributed by atoms with van der Waals surface area (Å²) in [6.07, 6.45) is -0.609. The highest BCUT2D eigenvalue weighted by Crippen LogP contribution is 2.16. The van der Waals surface area contributed by atoms with Gasteiger partial charge in [0.25, 0.3) is 0 Å². The van der Waals surface area contributed by atoms with Crippen LogP contribution in [0, 0.1) is 0 Å². The summed E-state index contributed by atoms with van der Waals surface area (Å²) < 4.78 is 42.2. The Hall–Kier alpha value is -1.83. The molecule has 1 amide bonds. The maximum Gasteiger partial charge on any atom is 0.488 e. The Balaban J connectivity index is 2.61. The van der Waals surface area contributed by atoms with E-state index in [-0.39, 0.29) is 12.3 Å². The molecule has 0 atom stereocenters. The van der Waals surface area contributed by atoms with Gasteiger partial charge in [0.1, 0.15) is 11.4 Å². The Kier molecular flexibility index (Phi) is 4.93. The molecule has 1 aromatic rings. The predicted octanol–water partition coefficient (Wildman–Crippen LogP) is 2.30. The maximum atomic E-state index is 12.4. The minimum Gasteiger partial charge on any atom is -0.444 e. The number of carbonyl (C=O) groups excluding carboxylic acids is 1. The molecule has 0 fully saturated rings. The zero-order chi connectivity index (χ0) is 15.4. The van der Waals surface area contributed by atoms with Crippen LogP contribution >= 0.6 is 0 Å². The highest BCUT2D eigenvalue weighted by Gasteiger charge is 2.16. The molecule has 0 aliphatic carbocycles. The fourth-order valence-corrected chi connectivity index (χ4v) is 1.64. The van der Waals surface area contributed by atoms with Gasteiger partial charge in [0.2, 0.25) is 0 Å². The number of halogens is 1. The third-order valence-corrected chi connectivity index (χ3v) is 2.32. The smallest absolute Gasteiger partial charge is 0.444 e. The van der Waals surface area contributed by atoms with E-state index in [1.165, 1.54) is 18.2 Å². The highest BCUT2D eigenvalue weighted by molar-refractivity contribution is 7.81. The van der Waals surface area contributed by atoms with E-state index in [1.54, 1.807) is 26.8 Å². The zero-order valence-corrected chi connectivity index (χ0v) is 12.2. The Morgan fingerprint density at radius 2 is 2.00 bits per heavy atom. The summed E-state index contributed by atoms with van der Waals surface area (Å²) in [5, 5.41) is 2.49. The molecule has 0 bridgehead atoms. The molecule has 0 heterocycles. The molecule has 1 rings (SSSR count). The van der Waals surface area contributed by atoms with Crippen molar-refractivity contribution in [1.29, 1.82) is 0 Å². The summed E-state index contributed by atoms with van der Waals surface area (Å²) in [5.41, 5.74) is -0.0748. The van der Waals surface area contributed by atoms with Crippen LogP contribution in [0.4, 0.5) is 8.68 Å². The standard InChI is InChI=1S/C12H16FNO5S/c1-12(2,3)18-11(15)14-8-9-5-4-6-10(7-9)19-20(13,16)17/h4-7H,8H2,1-3H3,(H,14,15). The molecule has 0 aliphatic rings. The van der Waals surface area contributed by atoms with Crippen LogP contribution in [-0.2, 0) is 21.8 Å². The van der Waals surface area contributed by atoms with Crippen LogP contribution < -0.4 is 9.50 Å². The van der Waals surface area contributed by atoms with Crippen molar-refractivity contribution in [1.82, 2.24) is 5.32 Å². The summed E-state index contributed by atoms with van der Waals surface area (Å²) in [4.78, 5) is 11.4. The topological polar surface area (TPSA) is 81.7 Å². The van der Waals surface area contributed by atoms with Crippen LogP contribution in [0.1, 0.15) is 26.3 Å².